The highest BCUT2D eigenvalue weighted by molar-refractivity contribution is 9.10. The number of hydrogen-bond donors (Lipinski definition) is 1. The fourth-order valence-corrected chi connectivity index (χ4v) is 5.60. The van der Waals surface area contributed by atoms with Gasteiger partial charge in [0.15, 0.2) is 0 Å². The van der Waals surface area contributed by atoms with E-state index < -0.39 is 0 Å². The number of thiazole rings is 1. The summed E-state index contributed by atoms with van der Waals surface area (Å²) < 4.78 is 7.38. The zero-order valence-corrected chi connectivity index (χ0v) is 20.0. The first-order valence-corrected chi connectivity index (χ1v) is 11.8. The number of nitrogens with zero attached hydrogens (tertiary/aromatic N) is 1. The molecule has 1 N–H and O–H groups in total. The number of anilines is 1. The van der Waals surface area contributed by atoms with Crippen molar-refractivity contribution in [3.05, 3.63) is 87.9 Å². The largest absolute Gasteiger partial charge is 0.495 e. The number of para-hydroxylation sites is 1. The van der Waals surface area contributed by atoms with E-state index in [1.165, 1.54) is 0 Å². The molecule has 7 heteroatoms. The van der Waals surface area contributed by atoms with E-state index in [1.54, 1.807) is 30.6 Å². The summed E-state index contributed by atoms with van der Waals surface area (Å²) in [5, 5.41) is 6.27. The Labute approximate surface area is 201 Å². The molecule has 0 aliphatic rings. The molecule has 0 fully saturated rings. The lowest BCUT2D eigenvalue weighted by atomic mass is 10.0. The summed E-state index contributed by atoms with van der Waals surface area (Å²) in [5.41, 5.74) is 2.76. The number of halogens is 2. The fourth-order valence-electron chi connectivity index (χ4n) is 3.61. The number of hydrogen-bond acceptors (Lipinski definition) is 4. The molecule has 0 unspecified atom stereocenters. The minimum absolute atomic E-state index is 0.272. The van der Waals surface area contributed by atoms with Crippen LogP contribution in [0.4, 0.5) is 5.69 Å². The zero-order valence-electron chi connectivity index (χ0n) is 16.9. The van der Waals surface area contributed by atoms with E-state index in [-0.39, 0.29) is 5.91 Å². The van der Waals surface area contributed by atoms with Crippen LogP contribution in [0.15, 0.2) is 77.3 Å². The van der Waals surface area contributed by atoms with Gasteiger partial charge in [-0.1, -0.05) is 48.0 Å². The van der Waals surface area contributed by atoms with E-state index in [2.05, 4.69) is 21.2 Å². The van der Waals surface area contributed by atoms with Gasteiger partial charge >= 0.3 is 0 Å². The minimum Gasteiger partial charge on any atom is -0.495 e. The average molecular weight is 524 g/mol. The highest BCUT2D eigenvalue weighted by Gasteiger charge is 2.19. The Bertz CT molecular complexity index is 1470. The van der Waals surface area contributed by atoms with Crippen LogP contribution in [-0.2, 0) is 0 Å². The van der Waals surface area contributed by atoms with E-state index in [1.807, 2.05) is 60.7 Å². The Morgan fingerprint density at radius 1 is 1.06 bits per heavy atom. The van der Waals surface area contributed by atoms with Gasteiger partial charge in [0.1, 0.15) is 10.8 Å². The van der Waals surface area contributed by atoms with Crippen LogP contribution in [0.2, 0.25) is 5.02 Å². The number of benzene rings is 4. The van der Waals surface area contributed by atoms with Gasteiger partial charge in [-0.05, 0) is 63.1 Å². The molecule has 1 heterocycles. The number of rotatable bonds is 4. The summed E-state index contributed by atoms with van der Waals surface area (Å²) in [6.07, 6.45) is 0. The van der Waals surface area contributed by atoms with Crippen molar-refractivity contribution in [2.75, 3.05) is 12.4 Å². The predicted octanol–water partition coefficient (Wildman–Crippen LogP) is 7.79. The Morgan fingerprint density at radius 3 is 2.66 bits per heavy atom. The lowest BCUT2D eigenvalue weighted by Gasteiger charge is -2.14. The fraction of sp³-hybridized carbons (Fsp3) is 0.0400. The topological polar surface area (TPSA) is 51.2 Å². The van der Waals surface area contributed by atoms with Crippen molar-refractivity contribution in [1.29, 1.82) is 0 Å². The normalized spacial score (nSPS) is 11.1. The highest BCUT2D eigenvalue weighted by Crippen LogP contribution is 2.38. The summed E-state index contributed by atoms with van der Waals surface area (Å²) in [6.45, 7) is 0. The molecule has 0 atom stereocenters. The molecule has 0 radical (unpaired) electrons. The summed E-state index contributed by atoms with van der Waals surface area (Å²) in [5.74, 6) is 0.215. The lowest BCUT2D eigenvalue weighted by molar-refractivity contribution is 0.102. The molecule has 1 amide bonds. The van der Waals surface area contributed by atoms with Gasteiger partial charge in [-0.3, -0.25) is 4.79 Å². The number of aromatic nitrogens is 1. The Morgan fingerprint density at radius 2 is 1.84 bits per heavy atom. The summed E-state index contributed by atoms with van der Waals surface area (Å²) >= 11 is 11.6. The lowest BCUT2D eigenvalue weighted by Crippen LogP contribution is -2.13. The zero-order chi connectivity index (χ0) is 22.2. The molecule has 0 saturated heterocycles. The molecular weight excluding hydrogens is 508 g/mol. The Hall–Kier alpha value is -2.93. The molecule has 0 aliphatic carbocycles. The van der Waals surface area contributed by atoms with E-state index in [0.29, 0.717) is 22.0 Å². The second kappa shape index (κ2) is 8.54. The van der Waals surface area contributed by atoms with Gasteiger partial charge in [-0.15, -0.1) is 11.3 Å². The minimum atomic E-state index is -0.272. The van der Waals surface area contributed by atoms with Gasteiger partial charge in [0.25, 0.3) is 5.91 Å². The Kier molecular flexibility index (Phi) is 5.59. The summed E-state index contributed by atoms with van der Waals surface area (Å²) in [4.78, 5) is 17.9. The number of nitrogens with one attached hydrogen (secondary N) is 1. The van der Waals surface area contributed by atoms with Crippen molar-refractivity contribution < 1.29 is 9.53 Å². The molecule has 4 nitrogen and oxygen atoms in total. The van der Waals surface area contributed by atoms with Gasteiger partial charge in [-0.25, -0.2) is 4.98 Å². The van der Waals surface area contributed by atoms with E-state index in [9.17, 15) is 4.79 Å². The molecule has 158 valence electrons. The molecule has 5 rings (SSSR count). The monoisotopic (exact) mass is 522 g/mol. The van der Waals surface area contributed by atoms with Crippen LogP contribution in [0.1, 0.15) is 10.4 Å². The Balaban J connectivity index is 1.52. The van der Waals surface area contributed by atoms with Gasteiger partial charge in [0.2, 0.25) is 0 Å². The van der Waals surface area contributed by atoms with Crippen molar-refractivity contribution in [3.63, 3.8) is 0 Å². The SMILES string of the molecule is COc1c(C(=O)Nc2ccc(Cl)c(-c3nc4ccccc4s3)c2)cc2ccccc2c1Br. The quantitative estimate of drug-likeness (QED) is 0.261. The van der Waals surface area contributed by atoms with Crippen molar-refractivity contribution in [3.8, 4) is 16.3 Å². The molecule has 0 spiro atoms. The third kappa shape index (κ3) is 3.75. The van der Waals surface area contributed by atoms with Crippen LogP contribution in [-0.4, -0.2) is 18.0 Å². The third-order valence-electron chi connectivity index (χ3n) is 5.14. The molecule has 32 heavy (non-hydrogen) atoms. The van der Waals surface area contributed by atoms with Crippen molar-refractivity contribution >= 4 is 71.5 Å². The number of methoxy groups -OCH3 is 1. The highest BCUT2D eigenvalue weighted by atomic mass is 79.9. The molecule has 5 aromatic rings. The molecule has 4 aromatic carbocycles. The first-order valence-electron chi connectivity index (χ1n) is 9.77. The predicted molar refractivity (Wildman–Crippen MR) is 136 cm³/mol. The van der Waals surface area contributed by atoms with Crippen LogP contribution < -0.4 is 10.1 Å². The van der Waals surface area contributed by atoms with Gasteiger partial charge in [0.05, 0.1) is 32.4 Å². The molecule has 0 aliphatic heterocycles. The van der Waals surface area contributed by atoms with Gasteiger partial charge < -0.3 is 10.1 Å². The van der Waals surface area contributed by atoms with Crippen LogP contribution in [0, 0.1) is 0 Å². The maximum atomic E-state index is 13.2. The van der Waals surface area contributed by atoms with Gasteiger partial charge in [-0.2, -0.15) is 0 Å². The van der Waals surface area contributed by atoms with E-state index in [4.69, 9.17) is 21.3 Å². The number of fused-ring (bicyclic) bond motifs is 2. The number of ether oxygens (including phenoxy) is 1. The van der Waals surface area contributed by atoms with Crippen molar-refractivity contribution in [2.45, 2.75) is 0 Å². The molecule has 1 aromatic heterocycles. The summed E-state index contributed by atoms with van der Waals surface area (Å²) in [7, 11) is 1.55. The van der Waals surface area contributed by atoms with Gasteiger partial charge in [0, 0.05) is 11.3 Å². The van der Waals surface area contributed by atoms with E-state index in [0.717, 1.165) is 36.0 Å². The molecule has 0 saturated carbocycles. The maximum Gasteiger partial charge on any atom is 0.259 e. The van der Waals surface area contributed by atoms with Crippen LogP contribution in [0.5, 0.6) is 5.75 Å². The standard InChI is InChI=1S/C25H16BrClN2O2S/c1-31-23-18(12-14-6-2-3-7-16(14)22(23)26)24(30)28-15-10-11-19(27)17(13-15)25-29-20-8-4-5-9-21(20)32-25/h2-13H,1H3,(H,28,30). The third-order valence-corrected chi connectivity index (χ3v) is 7.32. The second-order valence-corrected chi connectivity index (χ2v) is 9.36. The van der Waals surface area contributed by atoms with Crippen molar-refractivity contribution in [1.82, 2.24) is 4.98 Å². The maximum absolute atomic E-state index is 13.2. The molecule has 0 bridgehead atoms. The van der Waals surface area contributed by atoms with E-state index >= 15 is 0 Å². The van der Waals surface area contributed by atoms with Crippen LogP contribution >= 0.6 is 38.9 Å². The number of carbonyl (C=O) groups excluding carboxylic acids is 1. The second-order valence-electron chi connectivity index (χ2n) is 7.13. The van der Waals surface area contributed by atoms with Crippen LogP contribution in [0.25, 0.3) is 31.6 Å². The summed E-state index contributed by atoms with van der Waals surface area (Å²) in [6, 6.07) is 23.0. The first-order chi connectivity index (χ1) is 15.5. The van der Waals surface area contributed by atoms with Crippen molar-refractivity contribution in [2.24, 2.45) is 0 Å². The van der Waals surface area contributed by atoms with Crippen LogP contribution in [0.3, 0.4) is 0 Å². The first kappa shape index (κ1) is 20.9. The average Bonchev–Trinajstić information content (AvgIpc) is 3.24. The molecular formula is C25H16BrClN2O2S. The smallest absolute Gasteiger partial charge is 0.259 e. The number of amides is 1. The number of carbonyl (C=O) groups is 1.